The minimum atomic E-state index is -0.562. The van der Waals surface area contributed by atoms with Crippen molar-refractivity contribution in [1.29, 1.82) is 0 Å². The predicted molar refractivity (Wildman–Crippen MR) is 111 cm³/mol. The molecule has 2 N–H and O–H groups in total. The Morgan fingerprint density at radius 3 is 2.57 bits per heavy atom. The molecule has 160 valence electrons. The third-order valence-corrected chi connectivity index (χ3v) is 6.05. The van der Waals surface area contributed by atoms with Crippen LogP contribution in [-0.2, 0) is 9.53 Å². The van der Waals surface area contributed by atoms with Gasteiger partial charge in [-0.1, -0.05) is 0 Å². The monoisotopic (exact) mass is 414 g/mol. The lowest BCUT2D eigenvalue weighted by atomic mass is 9.89. The van der Waals surface area contributed by atoms with Gasteiger partial charge in [0.05, 0.1) is 30.0 Å². The van der Waals surface area contributed by atoms with Crippen LogP contribution in [0.4, 0.5) is 4.39 Å². The van der Waals surface area contributed by atoms with Gasteiger partial charge in [0, 0.05) is 50.4 Å². The number of ether oxygens (including phenoxy) is 1. The van der Waals surface area contributed by atoms with Crippen molar-refractivity contribution in [2.24, 2.45) is 5.73 Å². The zero-order chi connectivity index (χ0) is 21.1. The molecule has 0 aliphatic carbocycles. The van der Waals surface area contributed by atoms with E-state index in [1.54, 1.807) is 12.1 Å². The van der Waals surface area contributed by atoms with Crippen LogP contribution in [-0.4, -0.2) is 72.5 Å². The highest BCUT2D eigenvalue weighted by Crippen LogP contribution is 2.31. The maximum atomic E-state index is 13.5. The molecule has 2 aliphatic heterocycles. The molecule has 2 aliphatic rings. The van der Waals surface area contributed by atoms with E-state index < -0.39 is 5.91 Å². The molecule has 1 aromatic heterocycles. The van der Waals surface area contributed by atoms with Crippen LogP contribution in [0.5, 0.6) is 0 Å². The third-order valence-electron chi connectivity index (χ3n) is 6.05. The normalized spacial score (nSPS) is 18.6. The summed E-state index contributed by atoms with van der Waals surface area (Å²) in [5.74, 6) is -0.730. The van der Waals surface area contributed by atoms with Crippen LogP contribution < -0.4 is 5.73 Å². The topological polar surface area (TPSA) is 88.8 Å². The summed E-state index contributed by atoms with van der Waals surface area (Å²) in [6.45, 7) is 5.24. The molecule has 4 rings (SSSR count). The minimum absolute atomic E-state index is 0.0465. The number of primary amides is 1. The highest BCUT2D eigenvalue weighted by Gasteiger charge is 2.28. The number of aromatic nitrogens is 1. The number of pyridine rings is 1. The number of fused-ring (bicyclic) bond motifs is 1. The Balaban J connectivity index is 1.41. The number of halogens is 1. The van der Waals surface area contributed by atoms with Crippen molar-refractivity contribution in [3.63, 3.8) is 0 Å². The molecule has 0 atom stereocenters. The summed E-state index contributed by atoms with van der Waals surface area (Å²) in [7, 11) is 0. The van der Waals surface area contributed by atoms with E-state index in [9.17, 15) is 14.0 Å². The van der Waals surface area contributed by atoms with Crippen molar-refractivity contribution in [3.8, 4) is 0 Å². The summed E-state index contributed by atoms with van der Waals surface area (Å²) >= 11 is 0. The predicted octanol–water partition coefficient (Wildman–Crippen LogP) is 1.90. The Bertz CT molecular complexity index is 937. The quantitative estimate of drug-likeness (QED) is 0.807. The number of morpholine rings is 1. The highest BCUT2D eigenvalue weighted by molar-refractivity contribution is 5.97. The van der Waals surface area contributed by atoms with E-state index in [4.69, 9.17) is 10.5 Å². The number of carbonyl (C=O) groups is 2. The fourth-order valence-electron chi connectivity index (χ4n) is 4.31. The minimum Gasteiger partial charge on any atom is -0.379 e. The second-order valence-electron chi connectivity index (χ2n) is 7.98. The number of hydrogen-bond donors (Lipinski definition) is 1. The summed E-state index contributed by atoms with van der Waals surface area (Å²) in [4.78, 5) is 33.4. The smallest absolute Gasteiger partial charge is 0.250 e. The second kappa shape index (κ2) is 9.06. The first-order valence-corrected chi connectivity index (χ1v) is 10.5. The number of rotatable bonds is 5. The lowest BCUT2D eigenvalue weighted by molar-refractivity contribution is -0.132. The number of carbonyl (C=O) groups excluding carboxylic acids is 2. The maximum Gasteiger partial charge on any atom is 0.250 e. The van der Waals surface area contributed by atoms with E-state index >= 15 is 0 Å². The van der Waals surface area contributed by atoms with Gasteiger partial charge < -0.3 is 15.4 Å². The number of hydrogen-bond acceptors (Lipinski definition) is 5. The van der Waals surface area contributed by atoms with E-state index in [2.05, 4.69) is 9.88 Å². The Hall–Kier alpha value is -2.58. The fourth-order valence-corrected chi connectivity index (χ4v) is 4.31. The maximum absolute atomic E-state index is 13.5. The molecular weight excluding hydrogens is 387 g/mol. The van der Waals surface area contributed by atoms with Crippen molar-refractivity contribution in [3.05, 3.63) is 41.3 Å². The largest absolute Gasteiger partial charge is 0.379 e. The van der Waals surface area contributed by atoms with Crippen LogP contribution in [0.3, 0.4) is 0 Å². The summed E-state index contributed by atoms with van der Waals surface area (Å²) < 4.78 is 18.9. The van der Waals surface area contributed by atoms with Gasteiger partial charge in [0.2, 0.25) is 5.91 Å². The summed E-state index contributed by atoms with van der Waals surface area (Å²) in [6.07, 6.45) is 1.96. The van der Waals surface area contributed by atoms with Crippen LogP contribution in [0, 0.1) is 5.82 Å². The molecule has 0 radical (unpaired) electrons. The summed E-state index contributed by atoms with van der Waals surface area (Å²) in [5, 5.41) is 0.559. The van der Waals surface area contributed by atoms with E-state index in [1.807, 2.05) is 4.90 Å². The van der Waals surface area contributed by atoms with Crippen LogP contribution in [0.2, 0.25) is 0 Å². The van der Waals surface area contributed by atoms with Crippen LogP contribution in [0.15, 0.2) is 24.3 Å². The number of amides is 2. The van der Waals surface area contributed by atoms with E-state index in [0.29, 0.717) is 41.7 Å². The first-order valence-electron chi connectivity index (χ1n) is 10.5. The molecule has 0 unspecified atom stereocenters. The molecule has 8 heteroatoms. The zero-order valence-corrected chi connectivity index (χ0v) is 17.0. The Kier molecular flexibility index (Phi) is 6.24. The number of nitrogens with two attached hydrogens (primary N) is 1. The van der Waals surface area contributed by atoms with Gasteiger partial charge in [0.15, 0.2) is 0 Å². The highest BCUT2D eigenvalue weighted by atomic mass is 19.1. The number of likely N-dealkylation sites (tertiary alicyclic amines) is 1. The molecule has 1 aromatic carbocycles. The first-order chi connectivity index (χ1) is 14.5. The SMILES string of the molecule is NC(=O)c1cc2cc(F)ccc2nc1C1CCN(C(=O)CCN2CCOCC2)CC1. The van der Waals surface area contributed by atoms with Crippen LogP contribution in [0.1, 0.15) is 41.2 Å². The van der Waals surface area contributed by atoms with Crippen LogP contribution in [0.25, 0.3) is 10.9 Å². The van der Waals surface area contributed by atoms with E-state index in [-0.39, 0.29) is 17.6 Å². The average Bonchev–Trinajstić information content (AvgIpc) is 2.77. The molecule has 30 heavy (non-hydrogen) atoms. The van der Waals surface area contributed by atoms with E-state index in [1.165, 1.54) is 12.1 Å². The molecule has 2 fully saturated rings. The standard InChI is InChI=1S/C22H27FN4O3/c23-17-1-2-19-16(13-17)14-18(22(24)29)21(25-19)15-3-7-27(8-4-15)20(28)5-6-26-9-11-30-12-10-26/h1-2,13-15H,3-12H2,(H2,24,29). The number of benzene rings is 1. The third kappa shape index (κ3) is 4.60. The Morgan fingerprint density at radius 1 is 1.13 bits per heavy atom. The second-order valence-corrected chi connectivity index (χ2v) is 7.98. The molecule has 3 heterocycles. The fraction of sp³-hybridized carbons (Fsp3) is 0.500. The molecule has 0 bridgehead atoms. The van der Waals surface area contributed by atoms with Crippen molar-refractivity contribution in [2.45, 2.75) is 25.2 Å². The number of piperidine rings is 1. The van der Waals surface area contributed by atoms with Crippen LogP contribution >= 0.6 is 0 Å². The van der Waals surface area contributed by atoms with Gasteiger partial charge in [-0.3, -0.25) is 19.5 Å². The molecular formula is C22H27FN4O3. The summed E-state index contributed by atoms with van der Waals surface area (Å²) in [5.41, 5.74) is 7.22. The van der Waals surface area contributed by atoms with Gasteiger partial charge in [-0.05, 0) is 37.1 Å². The molecule has 0 spiro atoms. The van der Waals surface area contributed by atoms with Gasteiger partial charge in [-0.15, -0.1) is 0 Å². The van der Waals surface area contributed by atoms with Crippen molar-refractivity contribution >= 4 is 22.7 Å². The molecule has 2 amide bonds. The zero-order valence-electron chi connectivity index (χ0n) is 17.0. The molecule has 2 saturated heterocycles. The van der Waals surface area contributed by atoms with E-state index in [0.717, 1.165) is 45.7 Å². The van der Waals surface area contributed by atoms with Gasteiger partial charge >= 0.3 is 0 Å². The van der Waals surface area contributed by atoms with Crippen molar-refractivity contribution < 1.29 is 18.7 Å². The lowest BCUT2D eigenvalue weighted by Gasteiger charge is -2.33. The Labute approximate surface area is 175 Å². The van der Waals surface area contributed by atoms with Gasteiger partial charge in [-0.25, -0.2) is 4.39 Å². The van der Waals surface area contributed by atoms with Crippen molar-refractivity contribution in [2.75, 3.05) is 45.9 Å². The number of nitrogens with zero attached hydrogens (tertiary/aromatic N) is 3. The van der Waals surface area contributed by atoms with Gasteiger partial charge in [0.1, 0.15) is 5.82 Å². The molecule has 2 aromatic rings. The summed E-state index contributed by atoms with van der Waals surface area (Å²) in [6, 6.07) is 5.96. The first kappa shape index (κ1) is 20.7. The van der Waals surface area contributed by atoms with Gasteiger partial charge in [0.25, 0.3) is 5.91 Å². The molecule has 7 nitrogen and oxygen atoms in total. The Morgan fingerprint density at radius 2 is 1.87 bits per heavy atom. The van der Waals surface area contributed by atoms with Crippen molar-refractivity contribution in [1.82, 2.24) is 14.8 Å². The van der Waals surface area contributed by atoms with Gasteiger partial charge in [-0.2, -0.15) is 0 Å². The molecule has 0 saturated carbocycles. The lowest BCUT2D eigenvalue weighted by Crippen LogP contribution is -2.42. The average molecular weight is 414 g/mol.